The fraction of sp³-hybridized carbons (Fsp3) is 0.0500. The van der Waals surface area contributed by atoms with Gasteiger partial charge < -0.3 is 0 Å². The number of carbonyl (C=O) groups excluding carboxylic acids is 2. The molecule has 6 aromatic carbocycles. The Morgan fingerprint density at radius 2 is 1.00 bits per heavy atom. The molecule has 2 nitrogen and oxygen atoms in total. The number of ketones is 2. The van der Waals surface area contributed by atoms with Gasteiger partial charge in [0.05, 0.1) is 10.9 Å². The molecule has 0 amide bonds. The van der Waals surface area contributed by atoms with Crippen molar-refractivity contribution in [1.29, 1.82) is 0 Å². The highest BCUT2D eigenvalue weighted by Gasteiger charge is 2.31. The number of fused-ring (bicyclic) bond motifs is 3. The highest BCUT2D eigenvalue weighted by molar-refractivity contribution is 7.97. The van der Waals surface area contributed by atoms with Crippen LogP contribution in [0.2, 0.25) is 0 Å². The van der Waals surface area contributed by atoms with Crippen LogP contribution in [0.4, 0.5) is 0 Å². The molecule has 0 radical (unpaired) electrons. The van der Waals surface area contributed by atoms with E-state index < -0.39 is 0 Å². The highest BCUT2D eigenvalue weighted by atomic mass is 32.2. The zero-order valence-corrected chi connectivity index (χ0v) is 24.4. The van der Waals surface area contributed by atoms with E-state index in [-0.39, 0.29) is 22.5 Å². The molecule has 3 heteroatoms. The van der Waals surface area contributed by atoms with Crippen molar-refractivity contribution in [3.63, 3.8) is 0 Å². The first-order chi connectivity index (χ1) is 21.1. The molecule has 0 aromatic heterocycles. The first-order valence-corrected chi connectivity index (χ1v) is 15.7. The molecule has 1 aliphatic carbocycles. The van der Waals surface area contributed by atoms with E-state index in [9.17, 15) is 9.59 Å². The Morgan fingerprint density at radius 3 is 1.70 bits per heavy atom. The summed E-state index contributed by atoms with van der Waals surface area (Å²) in [5, 5.41) is 0. The van der Waals surface area contributed by atoms with Crippen LogP contribution in [0.1, 0.15) is 43.0 Å². The molecule has 1 unspecified atom stereocenters. The number of hydrogen-bond donors (Lipinski definition) is 0. The largest absolute Gasteiger partial charge is 0.294 e. The van der Waals surface area contributed by atoms with Gasteiger partial charge in [0, 0.05) is 23.1 Å². The third kappa shape index (κ3) is 5.48. The summed E-state index contributed by atoms with van der Waals surface area (Å²) < 4.78 is 0. The summed E-state index contributed by atoms with van der Waals surface area (Å²) in [6.07, 6.45) is 1.22. The summed E-state index contributed by atoms with van der Waals surface area (Å²) in [4.78, 5) is 29.7. The normalized spacial score (nSPS) is 12.3. The predicted molar refractivity (Wildman–Crippen MR) is 174 cm³/mol. The van der Waals surface area contributed by atoms with E-state index in [0.29, 0.717) is 17.5 Å². The number of benzene rings is 6. The molecule has 1 aliphatic rings. The molecule has 0 saturated carbocycles. The zero-order valence-electron chi connectivity index (χ0n) is 23.6. The standard InChI is InChI=1S/C40H29O2S/c41-39(24-28-10-4-1-5-11-28)31-18-22-37-32(25-31)26-33-27-36(21-23-38(33)37)43(34-14-8-3-9-15-34)35-19-16-30(17-20-35)40(42)29-12-6-2-7-13-29/h1-23,25,27H,24,26H2/q+1. The SMILES string of the molecule is O=C(Cc1ccccc1)c1ccc2c(c1)Cc1cc([S+](c3ccccc3)c3ccc(C(=O)c4ccccc4)cc3)ccc1-2. The van der Waals surface area contributed by atoms with Gasteiger partial charge in [-0.25, -0.2) is 0 Å². The maximum Gasteiger partial charge on any atom is 0.193 e. The van der Waals surface area contributed by atoms with Gasteiger partial charge in [-0.2, -0.15) is 0 Å². The smallest absolute Gasteiger partial charge is 0.193 e. The average Bonchev–Trinajstić information content (AvgIpc) is 3.43. The lowest BCUT2D eigenvalue weighted by Gasteiger charge is -2.10. The van der Waals surface area contributed by atoms with E-state index in [0.717, 1.165) is 17.5 Å². The monoisotopic (exact) mass is 573 g/mol. The van der Waals surface area contributed by atoms with Gasteiger partial charge in [0.15, 0.2) is 26.3 Å². The quantitative estimate of drug-likeness (QED) is 0.134. The number of Topliss-reactive ketones (excluding diaryl/α,β-unsaturated/α-hetero) is 1. The average molecular weight is 574 g/mol. The zero-order chi connectivity index (χ0) is 29.2. The lowest BCUT2D eigenvalue weighted by atomic mass is 9.98. The van der Waals surface area contributed by atoms with Crippen molar-refractivity contribution in [2.24, 2.45) is 0 Å². The maximum absolute atomic E-state index is 13.1. The molecule has 0 saturated heterocycles. The van der Waals surface area contributed by atoms with Crippen LogP contribution >= 0.6 is 0 Å². The van der Waals surface area contributed by atoms with E-state index in [1.165, 1.54) is 36.9 Å². The van der Waals surface area contributed by atoms with Crippen molar-refractivity contribution in [2.45, 2.75) is 27.5 Å². The van der Waals surface area contributed by atoms with Crippen molar-refractivity contribution >= 4 is 22.5 Å². The third-order valence-corrected chi connectivity index (χ3v) is 10.2. The first kappa shape index (κ1) is 26.9. The summed E-state index contributed by atoms with van der Waals surface area (Å²) in [7, 11) is -0.338. The van der Waals surface area contributed by atoms with Crippen LogP contribution in [0.25, 0.3) is 11.1 Å². The van der Waals surface area contributed by atoms with Gasteiger partial charge in [-0.15, -0.1) is 0 Å². The Labute approximate surface area is 255 Å². The number of rotatable bonds is 8. The third-order valence-electron chi connectivity index (χ3n) is 7.99. The minimum Gasteiger partial charge on any atom is -0.294 e. The van der Waals surface area contributed by atoms with E-state index in [4.69, 9.17) is 0 Å². The molecular weight excluding hydrogens is 545 g/mol. The second-order valence-corrected chi connectivity index (χ2v) is 12.8. The molecule has 7 rings (SSSR count). The summed E-state index contributed by atoms with van der Waals surface area (Å²) in [6, 6.07) is 51.0. The molecular formula is C40H29O2S+. The van der Waals surface area contributed by atoms with Crippen molar-refractivity contribution in [2.75, 3.05) is 0 Å². The summed E-state index contributed by atoms with van der Waals surface area (Å²) in [6.45, 7) is 0. The van der Waals surface area contributed by atoms with Crippen molar-refractivity contribution in [3.05, 3.63) is 185 Å². The van der Waals surface area contributed by atoms with Crippen LogP contribution in [0.3, 0.4) is 0 Å². The van der Waals surface area contributed by atoms with Crippen LogP contribution in [0.5, 0.6) is 0 Å². The van der Waals surface area contributed by atoms with Gasteiger partial charge >= 0.3 is 0 Å². The topological polar surface area (TPSA) is 34.1 Å². The van der Waals surface area contributed by atoms with Crippen LogP contribution < -0.4 is 0 Å². The lowest BCUT2D eigenvalue weighted by Crippen LogP contribution is -2.07. The molecule has 0 heterocycles. The van der Waals surface area contributed by atoms with Crippen LogP contribution in [0, 0.1) is 0 Å². The predicted octanol–water partition coefficient (Wildman–Crippen LogP) is 9.01. The summed E-state index contributed by atoms with van der Waals surface area (Å²) in [5.41, 5.74) is 8.12. The molecule has 0 fully saturated rings. The van der Waals surface area contributed by atoms with Gasteiger partial charge in [0.1, 0.15) is 0 Å². The molecule has 6 aromatic rings. The second kappa shape index (κ2) is 11.7. The van der Waals surface area contributed by atoms with Crippen LogP contribution in [0.15, 0.2) is 166 Å². The Balaban J connectivity index is 1.18. The maximum atomic E-state index is 13.1. The van der Waals surface area contributed by atoms with Gasteiger partial charge in [0.25, 0.3) is 0 Å². The van der Waals surface area contributed by atoms with Crippen molar-refractivity contribution < 1.29 is 9.59 Å². The minimum atomic E-state index is -0.338. The van der Waals surface area contributed by atoms with E-state index in [2.05, 4.69) is 66.7 Å². The summed E-state index contributed by atoms with van der Waals surface area (Å²) >= 11 is 0. The Kier molecular flexibility index (Phi) is 7.32. The summed E-state index contributed by atoms with van der Waals surface area (Å²) in [5.74, 6) is 0.175. The first-order valence-electron chi connectivity index (χ1n) is 14.5. The van der Waals surface area contributed by atoms with Crippen molar-refractivity contribution in [3.8, 4) is 11.1 Å². The molecule has 0 aliphatic heterocycles. The minimum absolute atomic E-state index is 0.0312. The van der Waals surface area contributed by atoms with Gasteiger partial charge in [0.2, 0.25) is 0 Å². The fourth-order valence-corrected chi connectivity index (χ4v) is 7.95. The number of carbonyl (C=O) groups is 2. The molecule has 206 valence electrons. The van der Waals surface area contributed by atoms with E-state index >= 15 is 0 Å². The van der Waals surface area contributed by atoms with Crippen molar-refractivity contribution in [1.82, 2.24) is 0 Å². The fourth-order valence-electron chi connectivity index (χ4n) is 5.83. The highest BCUT2D eigenvalue weighted by Crippen LogP contribution is 2.40. The Morgan fingerprint density at radius 1 is 0.488 bits per heavy atom. The van der Waals surface area contributed by atoms with E-state index in [1.54, 1.807) is 0 Å². The molecule has 0 N–H and O–H groups in total. The van der Waals surface area contributed by atoms with Gasteiger partial charge in [-0.3, -0.25) is 9.59 Å². The van der Waals surface area contributed by atoms with Gasteiger partial charge in [-0.1, -0.05) is 91.0 Å². The number of hydrogen-bond acceptors (Lipinski definition) is 2. The lowest BCUT2D eigenvalue weighted by molar-refractivity contribution is 0.0991. The van der Waals surface area contributed by atoms with E-state index in [1.807, 2.05) is 84.9 Å². The molecule has 1 atom stereocenters. The van der Waals surface area contributed by atoms with Crippen LogP contribution in [-0.4, -0.2) is 11.6 Å². The molecule has 0 spiro atoms. The molecule has 43 heavy (non-hydrogen) atoms. The Bertz CT molecular complexity index is 1930. The second-order valence-electron chi connectivity index (χ2n) is 10.8. The van der Waals surface area contributed by atoms with Gasteiger partial charge in [-0.05, 0) is 94.9 Å². The molecule has 0 bridgehead atoms. The Hall–Kier alpha value is -4.99. The van der Waals surface area contributed by atoms with Crippen LogP contribution in [-0.2, 0) is 23.7 Å².